The molecule has 0 saturated carbocycles. The zero-order valence-electron chi connectivity index (χ0n) is 15.3. The van der Waals surface area contributed by atoms with Crippen molar-refractivity contribution < 1.29 is 9.59 Å². The highest BCUT2D eigenvalue weighted by molar-refractivity contribution is 6.32. The largest absolute Gasteiger partial charge is 0.321 e. The Bertz CT molecular complexity index is 1010. The van der Waals surface area contributed by atoms with Crippen LogP contribution in [0.25, 0.3) is 6.08 Å². The number of para-hydroxylation sites is 1. The number of anilines is 1. The van der Waals surface area contributed by atoms with Crippen LogP contribution in [0.15, 0.2) is 84.6 Å². The fraction of sp³-hybridized carbons (Fsp3) is 0.0435. The maximum absolute atomic E-state index is 12.8. The average Bonchev–Trinajstić information content (AvgIpc) is 2.70. The fourth-order valence-electron chi connectivity index (χ4n) is 2.53. The summed E-state index contributed by atoms with van der Waals surface area (Å²) in [6.45, 7) is 1.94. The average molecular weight is 391 g/mol. The minimum Gasteiger partial charge on any atom is -0.321 e. The van der Waals surface area contributed by atoms with E-state index in [-0.39, 0.29) is 11.6 Å². The summed E-state index contributed by atoms with van der Waals surface area (Å²) < 4.78 is 0. The van der Waals surface area contributed by atoms with Crippen LogP contribution in [-0.2, 0) is 4.79 Å². The third kappa shape index (κ3) is 5.09. The van der Waals surface area contributed by atoms with E-state index in [1.807, 2.05) is 43.3 Å². The highest BCUT2D eigenvalue weighted by Gasteiger charge is 2.15. The van der Waals surface area contributed by atoms with Crippen molar-refractivity contribution in [2.75, 3.05) is 5.32 Å². The lowest BCUT2D eigenvalue weighted by Crippen LogP contribution is -2.30. The van der Waals surface area contributed by atoms with Gasteiger partial charge in [-0.25, -0.2) is 0 Å². The molecule has 0 aromatic heterocycles. The summed E-state index contributed by atoms with van der Waals surface area (Å²) in [5.74, 6) is -0.812. The predicted molar refractivity (Wildman–Crippen MR) is 113 cm³/mol. The zero-order valence-corrected chi connectivity index (χ0v) is 16.0. The van der Waals surface area contributed by atoms with Gasteiger partial charge in [0.15, 0.2) is 0 Å². The first kappa shape index (κ1) is 19.4. The first-order chi connectivity index (χ1) is 13.5. The van der Waals surface area contributed by atoms with Crippen molar-refractivity contribution in [3.8, 4) is 0 Å². The molecule has 0 unspecified atom stereocenters. The molecule has 5 heteroatoms. The van der Waals surface area contributed by atoms with Gasteiger partial charge in [-0.2, -0.15) is 0 Å². The van der Waals surface area contributed by atoms with E-state index in [9.17, 15) is 9.59 Å². The lowest BCUT2D eigenvalue weighted by Gasteiger charge is -2.12. The maximum atomic E-state index is 12.8. The quantitative estimate of drug-likeness (QED) is 0.598. The zero-order chi connectivity index (χ0) is 19.9. The Morgan fingerprint density at radius 1 is 0.857 bits per heavy atom. The van der Waals surface area contributed by atoms with Crippen LogP contribution in [0.2, 0.25) is 5.02 Å². The molecular formula is C23H19ClN2O2. The predicted octanol–water partition coefficient (Wildman–Crippen LogP) is 5.06. The number of halogens is 1. The van der Waals surface area contributed by atoms with E-state index in [2.05, 4.69) is 10.6 Å². The number of hydrogen-bond acceptors (Lipinski definition) is 2. The molecule has 0 fully saturated rings. The second kappa shape index (κ2) is 9.02. The second-order valence-corrected chi connectivity index (χ2v) is 6.63. The molecule has 3 rings (SSSR count). The number of carbonyl (C=O) groups excluding carboxylic acids is 2. The topological polar surface area (TPSA) is 58.2 Å². The van der Waals surface area contributed by atoms with Gasteiger partial charge in [0, 0.05) is 16.3 Å². The van der Waals surface area contributed by atoms with E-state index >= 15 is 0 Å². The minimum absolute atomic E-state index is 0.0996. The van der Waals surface area contributed by atoms with E-state index in [0.717, 1.165) is 5.56 Å². The summed E-state index contributed by atoms with van der Waals surface area (Å²) in [5.41, 5.74) is 2.87. The molecule has 2 amide bonds. The van der Waals surface area contributed by atoms with Gasteiger partial charge in [0.05, 0.1) is 0 Å². The number of carbonyl (C=O) groups is 2. The van der Waals surface area contributed by atoms with Gasteiger partial charge < -0.3 is 10.6 Å². The summed E-state index contributed by atoms with van der Waals surface area (Å²) >= 11 is 6.22. The summed E-state index contributed by atoms with van der Waals surface area (Å²) in [6.07, 6.45) is 1.56. The first-order valence-corrected chi connectivity index (χ1v) is 9.11. The van der Waals surface area contributed by atoms with Crippen molar-refractivity contribution in [2.45, 2.75) is 6.92 Å². The van der Waals surface area contributed by atoms with E-state index < -0.39 is 5.91 Å². The van der Waals surface area contributed by atoms with Crippen LogP contribution < -0.4 is 10.6 Å². The standard InChI is InChI=1S/C23H19ClN2O2/c1-16-11-13-17(14-12-16)22(27)26-21(15-18-7-5-6-10-20(18)24)23(28)25-19-8-3-2-4-9-19/h2-15H,1H3,(H,25,28)(H,26,27)/b21-15-. The number of rotatable bonds is 5. The molecule has 0 heterocycles. The number of hydrogen-bond donors (Lipinski definition) is 2. The van der Waals surface area contributed by atoms with Gasteiger partial charge in [-0.1, -0.05) is 65.7 Å². The van der Waals surface area contributed by atoms with Gasteiger partial charge in [-0.3, -0.25) is 9.59 Å². The SMILES string of the molecule is Cc1ccc(C(=O)N/C(=C\c2ccccc2Cl)C(=O)Nc2ccccc2)cc1. The van der Waals surface area contributed by atoms with Crippen LogP contribution in [0.4, 0.5) is 5.69 Å². The van der Waals surface area contributed by atoms with Crippen LogP contribution in [0.1, 0.15) is 21.5 Å². The summed E-state index contributed by atoms with van der Waals surface area (Å²) in [4.78, 5) is 25.4. The molecule has 0 saturated heterocycles. The molecular weight excluding hydrogens is 372 g/mol. The molecule has 3 aromatic carbocycles. The van der Waals surface area contributed by atoms with Crippen LogP contribution in [0.5, 0.6) is 0 Å². The van der Waals surface area contributed by atoms with Crippen molar-refractivity contribution in [3.05, 3.63) is 106 Å². The van der Waals surface area contributed by atoms with Crippen molar-refractivity contribution in [3.63, 3.8) is 0 Å². The van der Waals surface area contributed by atoms with Crippen LogP contribution >= 0.6 is 11.6 Å². The Morgan fingerprint density at radius 3 is 2.18 bits per heavy atom. The van der Waals surface area contributed by atoms with E-state index in [0.29, 0.717) is 21.8 Å². The van der Waals surface area contributed by atoms with Gasteiger partial charge in [0.2, 0.25) is 0 Å². The lowest BCUT2D eigenvalue weighted by molar-refractivity contribution is -0.113. The smallest absolute Gasteiger partial charge is 0.272 e. The molecule has 28 heavy (non-hydrogen) atoms. The van der Waals surface area contributed by atoms with Crippen molar-refractivity contribution in [2.24, 2.45) is 0 Å². The van der Waals surface area contributed by atoms with Gasteiger partial charge in [0.1, 0.15) is 5.70 Å². The highest BCUT2D eigenvalue weighted by Crippen LogP contribution is 2.18. The van der Waals surface area contributed by atoms with Crippen LogP contribution in [0, 0.1) is 6.92 Å². The van der Waals surface area contributed by atoms with Gasteiger partial charge in [0.25, 0.3) is 11.8 Å². The highest BCUT2D eigenvalue weighted by atomic mass is 35.5. The Hall–Kier alpha value is -3.37. The first-order valence-electron chi connectivity index (χ1n) is 8.73. The van der Waals surface area contributed by atoms with Crippen LogP contribution in [0.3, 0.4) is 0 Å². The Morgan fingerprint density at radius 2 is 1.50 bits per heavy atom. The number of amides is 2. The summed E-state index contributed by atoms with van der Waals surface area (Å²) in [5, 5.41) is 5.97. The number of nitrogens with one attached hydrogen (secondary N) is 2. The molecule has 2 N–H and O–H groups in total. The number of aryl methyl sites for hydroxylation is 1. The molecule has 0 radical (unpaired) electrons. The molecule has 0 atom stereocenters. The Kier molecular flexibility index (Phi) is 6.25. The van der Waals surface area contributed by atoms with Crippen molar-refractivity contribution in [1.82, 2.24) is 5.32 Å². The Labute approximate surface area is 168 Å². The third-order valence-corrected chi connectivity index (χ3v) is 4.39. The maximum Gasteiger partial charge on any atom is 0.272 e. The fourth-order valence-corrected chi connectivity index (χ4v) is 2.72. The van der Waals surface area contributed by atoms with E-state index in [1.165, 1.54) is 0 Å². The van der Waals surface area contributed by atoms with E-state index in [4.69, 9.17) is 11.6 Å². The third-order valence-electron chi connectivity index (χ3n) is 4.04. The minimum atomic E-state index is -0.438. The monoisotopic (exact) mass is 390 g/mol. The molecule has 0 aliphatic carbocycles. The second-order valence-electron chi connectivity index (χ2n) is 6.22. The lowest BCUT2D eigenvalue weighted by atomic mass is 10.1. The summed E-state index contributed by atoms with van der Waals surface area (Å²) in [6, 6.07) is 23.3. The van der Waals surface area contributed by atoms with Gasteiger partial charge in [-0.05, 0) is 48.9 Å². The van der Waals surface area contributed by atoms with Crippen molar-refractivity contribution >= 4 is 35.2 Å². The van der Waals surface area contributed by atoms with Crippen molar-refractivity contribution in [1.29, 1.82) is 0 Å². The number of benzene rings is 3. The molecule has 0 bridgehead atoms. The van der Waals surface area contributed by atoms with Gasteiger partial charge >= 0.3 is 0 Å². The van der Waals surface area contributed by atoms with E-state index in [1.54, 1.807) is 48.5 Å². The molecule has 4 nitrogen and oxygen atoms in total. The Balaban J connectivity index is 1.89. The molecule has 3 aromatic rings. The van der Waals surface area contributed by atoms with Gasteiger partial charge in [-0.15, -0.1) is 0 Å². The molecule has 0 spiro atoms. The molecule has 0 aliphatic heterocycles. The summed E-state index contributed by atoms with van der Waals surface area (Å²) in [7, 11) is 0. The molecule has 140 valence electrons. The normalized spacial score (nSPS) is 11.0. The molecule has 0 aliphatic rings. The van der Waals surface area contributed by atoms with Crippen LogP contribution in [-0.4, -0.2) is 11.8 Å².